The van der Waals surface area contributed by atoms with E-state index in [1.807, 2.05) is 0 Å². The molecule has 1 atom stereocenters. The van der Waals surface area contributed by atoms with E-state index < -0.39 is 29.3 Å². The van der Waals surface area contributed by atoms with Gasteiger partial charge in [0.25, 0.3) is 5.91 Å². The van der Waals surface area contributed by atoms with Gasteiger partial charge in [0.05, 0.1) is 12.7 Å². The summed E-state index contributed by atoms with van der Waals surface area (Å²) in [6.07, 6.45) is 1.78. The Bertz CT molecular complexity index is 874. The topological polar surface area (TPSA) is 105 Å². The molecule has 5 N–H and O–H groups in total. The molecule has 28 heavy (non-hydrogen) atoms. The molecule has 1 aliphatic rings. The second-order valence-corrected chi connectivity index (χ2v) is 7.38. The number of hydrogen-bond acceptors (Lipinski definition) is 5. The van der Waals surface area contributed by atoms with Crippen LogP contribution in [0, 0.1) is 11.6 Å². The Balaban J connectivity index is 1.93. The summed E-state index contributed by atoms with van der Waals surface area (Å²) in [5, 5.41) is 8.71. The number of anilines is 1. The standard InChI is InChI=1S/C18H20F2N4O3S/c1-27-15-12(19)5-9(6-13(15)20)14-7-11(17(28-14)24-18(21)26)16(25)23-10-3-2-4-22-8-10/h5-7,10,22H,2-4,8H2,1H3,(H,23,25)(H3,21,24,26)/t10-/m0/s1. The van der Waals surface area contributed by atoms with Crippen molar-refractivity contribution in [1.82, 2.24) is 10.6 Å². The molecule has 3 rings (SSSR count). The Labute approximate surface area is 164 Å². The summed E-state index contributed by atoms with van der Waals surface area (Å²) in [4.78, 5) is 24.4. The largest absolute Gasteiger partial charge is 0.491 e. The minimum absolute atomic E-state index is 0.0399. The molecule has 2 aromatic rings. The number of thiophene rings is 1. The first-order valence-corrected chi connectivity index (χ1v) is 9.46. The van der Waals surface area contributed by atoms with E-state index >= 15 is 0 Å². The number of amides is 3. The number of rotatable bonds is 5. The van der Waals surface area contributed by atoms with Crippen LogP contribution in [0.5, 0.6) is 5.75 Å². The van der Waals surface area contributed by atoms with E-state index in [9.17, 15) is 18.4 Å². The molecule has 0 spiro atoms. The van der Waals surface area contributed by atoms with Crippen LogP contribution in [0.3, 0.4) is 0 Å². The van der Waals surface area contributed by atoms with Crippen LogP contribution in [0.15, 0.2) is 18.2 Å². The average molecular weight is 410 g/mol. The van der Waals surface area contributed by atoms with Crippen LogP contribution in [0.2, 0.25) is 0 Å². The van der Waals surface area contributed by atoms with Gasteiger partial charge in [0.15, 0.2) is 17.4 Å². The van der Waals surface area contributed by atoms with Crippen LogP contribution in [0.25, 0.3) is 10.4 Å². The number of nitrogens with two attached hydrogens (primary N) is 1. The molecule has 150 valence electrons. The highest BCUT2D eigenvalue weighted by Crippen LogP contribution is 2.38. The molecule has 1 saturated heterocycles. The lowest BCUT2D eigenvalue weighted by molar-refractivity contribution is 0.0932. The number of halogens is 2. The zero-order valence-corrected chi connectivity index (χ0v) is 15.9. The molecule has 1 aliphatic heterocycles. The van der Waals surface area contributed by atoms with E-state index in [2.05, 4.69) is 20.7 Å². The third-order valence-electron chi connectivity index (χ3n) is 4.33. The summed E-state index contributed by atoms with van der Waals surface area (Å²) < 4.78 is 32.8. The predicted octanol–water partition coefficient (Wildman–Crippen LogP) is 2.67. The van der Waals surface area contributed by atoms with Gasteiger partial charge in [-0.3, -0.25) is 10.1 Å². The molecule has 1 aromatic carbocycles. The van der Waals surface area contributed by atoms with Crippen molar-refractivity contribution in [3.63, 3.8) is 0 Å². The van der Waals surface area contributed by atoms with Gasteiger partial charge in [-0.15, -0.1) is 11.3 Å². The minimum atomic E-state index is -0.866. The van der Waals surface area contributed by atoms with Gasteiger partial charge in [-0.05, 0) is 43.1 Å². The molecule has 3 amide bonds. The normalized spacial score (nSPS) is 16.5. The van der Waals surface area contributed by atoms with Gasteiger partial charge in [-0.2, -0.15) is 0 Å². The van der Waals surface area contributed by atoms with E-state index in [1.54, 1.807) is 0 Å². The van der Waals surface area contributed by atoms with Gasteiger partial charge in [0.2, 0.25) is 0 Å². The highest BCUT2D eigenvalue weighted by molar-refractivity contribution is 7.20. The fraction of sp³-hybridized carbons (Fsp3) is 0.333. The molecule has 2 heterocycles. The van der Waals surface area contributed by atoms with E-state index in [4.69, 9.17) is 5.73 Å². The lowest BCUT2D eigenvalue weighted by Crippen LogP contribution is -2.45. The van der Waals surface area contributed by atoms with Crippen molar-refractivity contribution in [2.45, 2.75) is 18.9 Å². The molecule has 7 nitrogen and oxygen atoms in total. The molecule has 10 heteroatoms. The van der Waals surface area contributed by atoms with E-state index in [0.717, 1.165) is 42.9 Å². The van der Waals surface area contributed by atoms with Crippen molar-refractivity contribution in [1.29, 1.82) is 0 Å². The Hall–Kier alpha value is -2.72. The molecular weight excluding hydrogens is 390 g/mol. The van der Waals surface area contributed by atoms with Crippen LogP contribution in [-0.2, 0) is 0 Å². The first-order chi connectivity index (χ1) is 13.4. The maximum absolute atomic E-state index is 14.0. The summed E-state index contributed by atoms with van der Waals surface area (Å²) >= 11 is 1.000. The Kier molecular flexibility index (Phi) is 6.10. The first kappa shape index (κ1) is 20.0. The Morgan fingerprint density at radius 3 is 2.57 bits per heavy atom. The molecule has 0 aliphatic carbocycles. The number of carbonyl (C=O) groups excluding carboxylic acids is 2. The fourth-order valence-electron chi connectivity index (χ4n) is 3.04. The number of methoxy groups -OCH3 is 1. The third kappa shape index (κ3) is 4.39. The van der Waals surface area contributed by atoms with Crippen LogP contribution in [0.1, 0.15) is 23.2 Å². The number of hydrogen-bond donors (Lipinski definition) is 4. The van der Waals surface area contributed by atoms with Crippen LogP contribution >= 0.6 is 11.3 Å². The summed E-state index contributed by atoms with van der Waals surface area (Å²) in [7, 11) is 1.17. The monoisotopic (exact) mass is 410 g/mol. The number of primary amides is 1. The molecule has 0 bridgehead atoms. The van der Waals surface area contributed by atoms with Gasteiger partial charge in [-0.1, -0.05) is 0 Å². The van der Waals surface area contributed by atoms with Crippen molar-refractivity contribution >= 4 is 28.3 Å². The quantitative estimate of drug-likeness (QED) is 0.608. The van der Waals surface area contributed by atoms with Gasteiger partial charge in [0.1, 0.15) is 5.00 Å². The number of carbonyl (C=O) groups is 2. The summed E-state index contributed by atoms with van der Waals surface area (Å²) in [6.45, 7) is 1.55. The molecule has 1 aromatic heterocycles. The Morgan fingerprint density at radius 2 is 2.00 bits per heavy atom. The summed E-state index contributed by atoms with van der Waals surface area (Å²) in [5.41, 5.74) is 5.59. The maximum atomic E-state index is 14.0. The van der Waals surface area contributed by atoms with Crippen molar-refractivity contribution in [3.05, 3.63) is 35.4 Å². The fourth-order valence-corrected chi connectivity index (χ4v) is 4.09. The van der Waals surface area contributed by atoms with E-state index in [1.165, 1.54) is 13.2 Å². The number of benzene rings is 1. The van der Waals surface area contributed by atoms with Gasteiger partial charge in [-0.25, -0.2) is 13.6 Å². The Morgan fingerprint density at radius 1 is 1.29 bits per heavy atom. The first-order valence-electron chi connectivity index (χ1n) is 8.64. The highest BCUT2D eigenvalue weighted by atomic mass is 32.1. The molecule has 1 fully saturated rings. The zero-order valence-electron chi connectivity index (χ0n) is 15.1. The zero-order chi connectivity index (χ0) is 20.3. The van der Waals surface area contributed by atoms with Gasteiger partial charge >= 0.3 is 6.03 Å². The summed E-state index contributed by atoms with van der Waals surface area (Å²) in [5.74, 6) is -2.61. The van der Waals surface area contributed by atoms with Crippen molar-refractivity contribution in [2.24, 2.45) is 5.73 Å². The number of urea groups is 1. The van der Waals surface area contributed by atoms with E-state index in [-0.39, 0.29) is 22.2 Å². The van der Waals surface area contributed by atoms with E-state index in [0.29, 0.717) is 11.4 Å². The SMILES string of the molecule is COc1c(F)cc(-c2cc(C(=O)N[C@H]3CCCNC3)c(NC(N)=O)s2)cc1F. The highest BCUT2D eigenvalue weighted by Gasteiger charge is 2.23. The lowest BCUT2D eigenvalue weighted by Gasteiger charge is -2.23. The second kappa shape index (κ2) is 8.53. The summed E-state index contributed by atoms with van der Waals surface area (Å²) in [6, 6.07) is 2.81. The lowest BCUT2D eigenvalue weighted by atomic mass is 10.1. The number of nitrogens with one attached hydrogen (secondary N) is 3. The number of piperidine rings is 1. The van der Waals surface area contributed by atoms with Crippen molar-refractivity contribution in [3.8, 4) is 16.2 Å². The van der Waals surface area contributed by atoms with Crippen molar-refractivity contribution in [2.75, 3.05) is 25.5 Å². The van der Waals surface area contributed by atoms with Gasteiger partial charge in [0, 0.05) is 17.5 Å². The van der Waals surface area contributed by atoms with Crippen LogP contribution in [0.4, 0.5) is 18.6 Å². The third-order valence-corrected chi connectivity index (χ3v) is 5.43. The average Bonchev–Trinajstić information content (AvgIpc) is 3.05. The molecule has 0 unspecified atom stereocenters. The molecular formula is C18H20F2N4O3S. The van der Waals surface area contributed by atoms with Crippen LogP contribution in [-0.4, -0.2) is 38.2 Å². The molecule has 0 radical (unpaired) electrons. The molecule has 0 saturated carbocycles. The van der Waals surface area contributed by atoms with Crippen LogP contribution < -0.4 is 26.4 Å². The maximum Gasteiger partial charge on any atom is 0.317 e. The smallest absolute Gasteiger partial charge is 0.317 e. The number of ether oxygens (including phenoxy) is 1. The van der Waals surface area contributed by atoms with Gasteiger partial charge < -0.3 is 21.1 Å². The van der Waals surface area contributed by atoms with Crippen molar-refractivity contribution < 1.29 is 23.1 Å². The second-order valence-electron chi connectivity index (χ2n) is 6.33. The minimum Gasteiger partial charge on any atom is -0.491 e. The predicted molar refractivity (Wildman–Crippen MR) is 103 cm³/mol.